The first-order valence-electron chi connectivity index (χ1n) is 2.38. The monoisotopic (exact) mass is 122 g/mol. The number of hydrogen-bond acceptors (Lipinski definition) is 3. The molecule has 46 valence electrons. The van der Waals surface area contributed by atoms with Gasteiger partial charge in [0, 0.05) is 6.07 Å². The van der Waals surface area contributed by atoms with Crippen LogP contribution in [-0.4, -0.2) is 4.98 Å². The minimum absolute atomic E-state index is 0.326. The molecule has 0 bridgehead atoms. The van der Waals surface area contributed by atoms with E-state index in [9.17, 15) is 0 Å². The van der Waals surface area contributed by atoms with Crippen molar-refractivity contribution in [1.82, 2.24) is 4.98 Å². The van der Waals surface area contributed by atoms with Gasteiger partial charge in [0.25, 0.3) is 0 Å². The lowest BCUT2D eigenvalue weighted by Crippen LogP contribution is -1.84. The zero-order valence-corrected chi connectivity index (χ0v) is 4.68. The summed E-state index contributed by atoms with van der Waals surface area (Å²) in [6, 6.07) is 3.37. The third kappa shape index (κ3) is 0.795. The Morgan fingerprint density at radius 2 is 2.22 bits per heavy atom. The fraction of sp³-hybridized carbons (Fsp3) is 0. The zero-order chi connectivity index (χ0) is 6.85. The molecule has 0 saturated heterocycles. The molecule has 0 saturated carbocycles. The normalized spacial score (nSPS) is 8.78. The zero-order valence-electron chi connectivity index (χ0n) is 4.68. The van der Waals surface area contributed by atoms with Gasteiger partial charge in [-0.05, 0) is 0 Å². The number of nitrogens with two attached hydrogens (primary N) is 2. The van der Waals surface area contributed by atoms with E-state index in [1.807, 2.05) is 6.07 Å². The van der Waals surface area contributed by atoms with Crippen molar-refractivity contribution in [2.75, 3.05) is 11.5 Å². The fourth-order valence-electron chi connectivity index (χ4n) is 0.585. The average molecular weight is 122 g/mol. The molecule has 0 atom stereocenters. The summed E-state index contributed by atoms with van der Waals surface area (Å²) in [4.78, 5) is 2.59. The van der Waals surface area contributed by atoms with E-state index in [4.69, 9.17) is 16.7 Å². The van der Waals surface area contributed by atoms with Crippen molar-refractivity contribution in [3.63, 3.8) is 0 Å². The predicted molar refractivity (Wildman–Crippen MR) is 34.3 cm³/mol. The molecule has 1 aromatic heterocycles. The number of aromatic nitrogens is 1. The van der Waals surface area contributed by atoms with E-state index >= 15 is 0 Å². The molecule has 0 spiro atoms. The third-order valence-electron chi connectivity index (χ3n) is 0.981. The SMILES string of the molecule is N#Cc1[nH]c(N)cc1N. The molecular weight excluding hydrogens is 116 g/mol. The molecule has 1 heterocycles. The summed E-state index contributed by atoms with van der Waals surface area (Å²) < 4.78 is 0. The Balaban J connectivity index is 3.20. The van der Waals surface area contributed by atoms with Crippen LogP contribution < -0.4 is 11.5 Å². The molecule has 0 fully saturated rings. The first-order valence-corrected chi connectivity index (χ1v) is 2.38. The van der Waals surface area contributed by atoms with Crippen LogP contribution in [0.1, 0.15) is 5.69 Å². The number of nitrogens with one attached hydrogen (secondary N) is 1. The minimum atomic E-state index is 0.326. The summed E-state index contributed by atoms with van der Waals surface area (Å²) in [6.07, 6.45) is 0. The van der Waals surface area contributed by atoms with E-state index in [2.05, 4.69) is 4.98 Å². The number of nitrogen functional groups attached to an aromatic ring is 2. The first kappa shape index (κ1) is 5.51. The Morgan fingerprint density at radius 1 is 1.56 bits per heavy atom. The first-order chi connectivity index (χ1) is 4.24. The maximum atomic E-state index is 8.31. The van der Waals surface area contributed by atoms with Crippen LogP contribution in [0, 0.1) is 11.3 Å². The second-order valence-corrected chi connectivity index (χ2v) is 1.67. The number of nitrogens with zero attached hydrogens (tertiary/aromatic N) is 1. The maximum Gasteiger partial charge on any atom is 0.142 e. The van der Waals surface area contributed by atoms with Crippen molar-refractivity contribution in [2.45, 2.75) is 0 Å². The van der Waals surface area contributed by atoms with Crippen molar-refractivity contribution in [3.05, 3.63) is 11.8 Å². The van der Waals surface area contributed by atoms with Gasteiger partial charge in [-0.15, -0.1) is 0 Å². The number of aromatic amines is 1. The Morgan fingerprint density at radius 3 is 2.44 bits per heavy atom. The van der Waals surface area contributed by atoms with Crippen LogP contribution >= 0.6 is 0 Å². The minimum Gasteiger partial charge on any atom is -0.396 e. The molecule has 1 rings (SSSR count). The molecule has 0 aliphatic carbocycles. The summed E-state index contributed by atoms with van der Waals surface area (Å²) in [5, 5.41) is 8.31. The van der Waals surface area contributed by atoms with Gasteiger partial charge < -0.3 is 16.5 Å². The molecule has 1 aromatic rings. The summed E-state index contributed by atoms with van der Waals surface area (Å²) in [5.74, 6) is 0.420. The van der Waals surface area contributed by atoms with Crippen LogP contribution in [0.2, 0.25) is 0 Å². The molecule has 0 aliphatic rings. The maximum absolute atomic E-state index is 8.31. The summed E-state index contributed by atoms with van der Waals surface area (Å²) in [5.41, 5.74) is 11.3. The molecular formula is C5H6N4. The number of anilines is 2. The molecule has 4 nitrogen and oxygen atoms in total. The second kappa shape index (κ2) is 1.71. The summed E-state index contributed by atoms with van der Waals surface area (Å²) >= 11 is 0. The predicted octanol–water partition coefficient (Wildman–Crippen LogP) is 0.0508. The molecule has 4 heteroatoms. The average Bonchev–Trinajstić information content (AvgIpc) is 2.10. The summed E-state index contributed by atoms with van der Waals surface area (Å²) in [7, 11) is 0. The van der Waals surface area contributed by atoms with Gasteiger partial charge in [-0.2, -0.15) is 5.26 Å². The standard InChI is InChI=1S/C5H6N4/c6-2-4-3(7)1-5(8)9-4/h1,9H,7-8H2. The highest BCUT2D eigenvalue weighted by molar-refractivity contribution is 5.58. The summed E-state index contributed by atoms with van der Waals surface area (Å²) in [6.45, 7) is 0. The van der Waals surface area contributed by atoms with Gasteiger partial charge in [0.2, 0.25) is 0 Å². The Labute approximate surface area is 52.1 Å². The smallest absolute Gasteiger partial charge is 0.142 e. The van der Waals surface area contributed by atoms with Gasteiger partial charge in [-0.25, -0.2) is 0 Å². The number of H-pyrrole nitrogens is 1. The van der Waals surface area contributed by atoms with Crippen molar-refractivity contribution in [1.29, 1.82) is 5.26 Å². The Hall–Kier alpha value is -1.63. The molecule has 9 heavy (non-hydrogen) atoms. The highest BCUT2D eigenvalue weighted by Gasteiger charge is 1.98. The van der Waals surface area contributed by atoms with Crippen LogP contribution in [0.15, 0.2) is 6.07 Å². The lowest BCUT2D eigenvalue weighted by atomic mass is 10.4. The topological polar surface area (TPSA) is 91.6 Å². The van der Waals surface area contributed by atoms with Crippen LogP contribution in [0.25, 0.3) is 0 Å². The van der Waals surface area contributed by atoms with Gasteiger partial charge in [0.1, 0.15) is 17.6 Å². The van der Waals surface area contributed by atoms with Crippen LogP contribution in [0.4, 0.5) is 11.5 Å². The largest absolute Gasteiger partial charge is 0.396 e. The lowest BCUT2D eigenvalue weighted by Gasteiger charge is -1.79. The van der Waals surface area contributed by atoms with E-state index in [0.717, 1.165) is 0 Å². The van der Waals surface area contributed by atoms with E-state index in [1.165, 1.54) is 6.07 Å². The van der Waals surface area contributed by atoms with Crippen LogP contribution in [0.3, 0.4) is 0 Å². The van der Waals surface area contributed by atoms with Crippen molar-refractivity contribution in [2.24, 2.45) is 0 Å². The van der Waals surface area contributed by atoms with Crippen LogP contribution in [-0.2, 0) is 0 Å². The highest BCUT2D eigenvalue weighted by atomic mass is 14.9. The van der Waals surface area contributed by atoms with E-state index in [1.54, 1.807) is 0 Å². The number of rotatable bonds is 0. The molecule has 0 amide bonds. The third-order valence-corrected chi connectivity index (χ3v) is 0.981. The molecule has 0 unspecified atom stereocenters. The van der Waals surface area contributed by atoms with Crippen molar-refractivity contribution < 1.29 is 0 Å². The van der Waals surface area contributed by atoms with Gasteiger partial charge in [-0.1, -0.05) is 0 Å². The molecule has 0 aromatic carbocycles. The van der Waals surface area contributed by atoms with Gasteiger partial charge in [-0.3, -0.25) is 0 Å². The quantitative estimate of drug-likeness (QED) is 0.454. The van der Waals surface area contributed by atoms with Gasteiger partial charge in [0.15, 0.2) is 0 Å². The molecule has 5 N–H and O–H groups in total. The van der Waals surface area contributed by atoms with Crippen molar-refractivity contribution in [3.8, 4) is 6.07 Å². The van der Waals surface area contributed by atoms with Crippen molar-refractivity contribution >= 4 is 11.5 Å². The number of nitriles is 1. The Bertz CT molecular complexity index is 254. The second-order valence-electron chi connectivity index (χ2n) is 1.67. The number of hydrogen-bond donors (Lipinski definition) is 3. The van der Waals surface area contributed by atoms with E-state index in [0.29, 0.717) is 17.2 Å². The van der Waals surface area contributed by atoms with Crippen LogP contribution in [0.5, 0.6) is 0 Å². The Kier molecular flexibility index (Phi) is 1.04. The highest BCUT2D eigenvalue weighted by Crippen LogP contribution is 2.12. The molecule has 0 aliphatic heterocycles. The van der Waals surface area contributed by atoms with E-state index in [-0.39, 0.29) is 0 Å². The van der Waals surface area contributed by atoms with Gasteiger partial charge >= 0.3 is 0 Å². The fourth-order valence-corrected chi connectivity index (χ4v) is 0.585. The van der Waals surface area contributed by atoms with Gasteiger partial charge in [0.05, 0.1) is 5.69 Å². The van der Waals surface area contributed by atoms with E-state index < -0.39 is 0 Å². The molecule has 0 radical (unpaired) electrons. The lowest BCUT2D eigenvalue weighted by molar-refractivity contribution is 1.34.